The molecule has 1 aliphatic carbocycles. The summed E-state index contributed by atoms with van der Waals surface area (Å²) in [6.45, 7) is 6.02. The number of hydrogen-bond acceptors (Lipinski definition) is 7. The summed E-state index contributed by atoms with van der Waals surface area (Å²) in [5.41, 5.74) is 0.998. The minimum atomic E-state index is -0.782. The molecule has 2 aromatic rings. The number of carbonyl (C=O) groups is 1. The van der Waals surface area contributed by atoms with Crippen molar-refractivity contribution in [2.45, 2.75) is 57.4 Å². The van der Waals surface area contributed by atoms with Crippen LogP contribution < -0.4 is 10.2 Å². The number of rotatable bonds is 8. The number of ether oxygens (including phenoxy) is 2. The topological polar surface area (TPSA) is 96.8 Å². The number of aliphatic hydroxyl groups excluding tert-OH is 1. The van der Waals surface area contributed by atoms with E-state index in [-0.39, 0.29) is 24.0 Å². The Morgan fingerprint density at radius 3 is 2.81 bits per heavy atom. The van der Waals surface area contributed by atoms with Gasteiger partial charge in [-0.15, -0.1) is 0 Å². The largest absolute Gasteiger partial charge is 0.447 e. The van der Waals surface area contributed by atoms with Gasteiger partial charge in [-0.1, -0.05) is 12.1 Å². The lowest BCUT2D eigenvalue weighted by molar-refractivity contribution is 0.0393. The van der Waals surface area contributed by atoms with Gasteiger partial charge in [0.15, 0.2) is 0 Å². The zero-order valence-electron chi connectivity index (χ0n) is 17.8. The molecule has 1 aliphatic heterocycles. The normalized spacial score (nSPS) is 21.5. The molecule has 2 aliphatic rings. The van der Waals surface area contributed by atoms with Crippen LogP contribution in [-0.2, 0) is 15.1 Å². The molecule has 31 heavy (non-hydrogen) atoms. The van der Waals surface area contributed by atoms with Gasteiger partial charge in [0.25, 0.3) is 0 Å². The van der Waals surface area contributed by atoms with E-state index < -0.39 is 24.3 Å². The Kier molecular flexibility index (Phi) is 5.81. The van der Waals surface area contributed by atoms with Crippen LogP contribution in [0, 0.1) is 5.82 Å². The monoisotopic (exact) mass is 430 g/mol. The minimum Gasteiger partial charge on any atom is -0.447 e. The SMILES string of the molecule is CCOC1(c2ccc([C@H](C)Nc3nccc(N4C(=O)OCC4[C@@H](C)O)n3)c(F)c2)CC1. The highest BCUT2D eigenvalue weighted by Gasteiger charge is 2.45. The molecule has 8 nitrogen and oxygen atoms in total. The van der Waals surface area contributed by atoms with Gasteiger partial charge in [-0.3, -0.25) is 4.90 Å². The van der Waals surface area contributed by atoms with E-state index in [9.17, 15) is 14.3 Å². The van der Waals surface area contributed by atoms with Crippen LogP contribution in [0.1, 0.15) is 50.8 Å². The number of amides is 1. The van der Waals surface area contributed by atoms with Crippen LogP contribution in [0.15, 0.2) is 30.5 Å². The molecule has 2 fully saturated rings. The quantitative estimate of drug-likeness (QED) is 0.661. The second-order valence-corrected chi connectivity index (χ2v) is 8.02. The molecule has 0 radical (unpaired) electrons. The summed E-state index contributed by atoms with van der Waals surface area (Å²) in [4.78, 5) is 22.0. The lowest BCUT2D eigenvalue weighted by atomic mass is 10.0. The van der Waals surface area contributed by atoms with E-state index >= 15 is 0 Å². The molecule has 1 unspecified atom stereocenters. The number of halogens is 1. The van der Waals surface area contributed by atoms with E-state index in [1.54, 1.807) is 25.1 Å². The number of aliphatic hydroxyl groups is 1. The average Bonchev–Trinajstić information content (AvgIpc) is 3.41. The molecule has 3 atom stereocenters. The minimum absolute atomic E-state index is 0.0838. The molecule has 2 heterocycles. The van der Waals surface area contributed by atoms with Gasteiger partial charge in [-0.25, -0.2) is 14.2 Å². The number of anilines is 2. The van der Waals surface area contributed by atoms with Gasteiger partial charge in [-0.05, 0) is 51.3 Å². The van der Waals surface area contributed by atoms with Crippen molar-refractivity contribution in [1.82, 2.24) is 9.97 Å². The predicted octanol–water partition coefficient (Wildman–Crippen LogP) is 3.52. The highest BCUT2D eigenvalue weighted by molar-refractivity contribution is 5.89. The van der Waals surface area contributed by atoms with Crippen LogP contribution in [0.2, 0.25) is 0 Å². The summed E-state index contributed by atoms with van der Waals surface area (Å²) in [5.74, 6) is 0.226. The van der Waals surface area contributed by atoms with Crippen molar-refractivity contribution in [3.05, 3.63) is 47.4 Å². The third-order valence-electron chi connectivity index (χ3n) is 5.81. The first kappa shape index (κ1) is 21.5. The van der Waals surface area contributed by atoms with E-state index in [4.69, 9.17) is 9.47 Å². The van der Waals surface area contributed by atoms with Crippen molar-refractivity contribution in [3.63, 3.8) is 0 Å². The van der Waals surface area contributed by atoms with Crippen molar-refractivity contribution in [1.29, 1.82) is 0 Å². The van der Waals surface area contributed by atoms with Crippen LogP contribution in [0.3, 0.4) is 0 Å². The number of cyclic esters (lactones) is 1. The summed E-state index contributed by atoms with van der Waals surface area (Å²) in [5, 5.41) is 13.0. The van der Waals surface area contributed by atoms with Crippen molar-refractivity contribution in [3.8, 4) is 0 Å². The fourth-order valence-electron chi connectivity index (χ4n) is 3.95. The summed E-state index contributed by atoms with van der Waals surface area (Å²) in [6, 6.07) is 5.83. The van der Waals surface area contributed by atoms with Crippen LogP contribution in [-0.4, -0.2) is 46.5 Å². The number of benzene rings is 1. The van der Waals surface area contributed by atoms with Crippen molar-refractivity contribution in [2.75, 3.05) is 23.4 Å². The molecule has 1 aromatic heterocycles. The van der Waals surface area contributed by atoms with Gasteiger partial charge in [0, 0.05) is 18.4 Å². The Morgan fingerprint density at radius 2 is 2.16 bits per heavy atom. The second-order valence-electron chi connectivity index (χ2n) is 8.02. The molecule has 1 amide bonds. The van der Waals surface area contributed by atoms with Crippen molar-refractivity contribution < 1.29 is 23.8 Å². The van der Waals surface area contributed by atoms with Gasteiger partial charge in [0.1, 0.15) is 24.3 Å². The predicted molar refractivity (Wildman–Crippen MR) is 112 cm³/mol. The van der Waals surface area contributed by atoms with Crippen molar-refractivity contribution >= 4 is 17.9 Å². The standard InChI is InChI=1S/C22H27FN4O4/c1-4-31-22(8-9-22)15-5-6-16(17(23)11-15)13(2)25-20-24-10-7-19(26-20)27-18(14(3)28)12-30-21(27)29/h5-7,10-11,13-14,18,28H,4,8-9,12H2,1-3H3,(H,24,25,26)/t13-,14+,18?/m0/s1. The van der Waals surface area contributed by atoms with E-state index in [2.05, 4.69) is 15.3 Å². The lowest BCUT2D eigenvalue weighted by Gasteiger charge is -2.23. The molecular formula is C22H27FN4O4. The molecule has 166 valence electrons. The molecule has 4 rings (SSSR count). The van der Waals surface area contributed by atoms with Gasteiger partial charge >= 0.3 is 6.09 Å². The third kappa shape index (κ3) is 4.20. The van der Waals surface area contributed by atoms with E-state index in [1.165, 1.54) is 11.1 Å². The molecule has 9 heteroatoms. The first-order chi connectivity index (χ1) is 14.8. The highest BCUT2D eigenvalue weighted by atomic mass is 19.1. The fraction of sp³-hybridized carbons (Fsp3) is 0.500. The number of carbonyl (C=O) groups excluding carboxylic acids is 1. The Labute approximate surface area is 180 Å². The summed E-state index contributed by atoms with van der Waals surface area (Å²) in [6.07, 6.45) is 1.95. The smallest absolute Gasteiger partial charge is 0.416 e. The maximum absolute atomic E-state index is 14.9. The maximum atomic E-state index is 14.9. The Morgan fingerprint density at radius 1 is 1.39 bits per heavy atom. The van der Waals surface area contributed by atoms with Crippen LogP contribution in [0.5, 0.6) is 0 Å². The van der Waals surface area contributed by atoms with E-state index in [0.29, 0.717) is 18.0 Å². The summed E-state index contributed by atoms with van der Waals surface area (Å²) < 4.78 is 25.7. The summed E-state index contributed by atoms with van der Waals surface area (Å²) >= 11 is 0. The van der Waals surface area contributed by atoms with Gasteiger partial charge in [-0.2, -0.15) is 4.98 Å². The molecule has 2 N–H and O–H groups in total. The number of aromatic nitrogens is 2. The molecule has 1 saturated carbocycles. The van der Waals surface area contributed by atoms with Gasteiger partial charge in [0.2, 0.25) is 5.95 Å². The van der Waals surface area contributed by atoms with E-state index in [0.717, 1.165) is 18.4 Å². The third-order valence-corrected chi connectivity index (χ3v) is 5.81. The average molecular weight is 430 g/mol. The Hall–Kier alpha value is -2.78. The van der Waals surface area contributed by atoms with Gasteiger partial charge in [0.05, 0.1) is 17.7 Å². The van der Waals surface area contributed by atoms with Crippen LogP contribution in [0.4, 0.5) is 21.0 Å². The Bertz CT molecular complexity index is 966. The zero-order chi connectivity index (χ0) is 22.2. The van der Waals surface area contributed by atoms with Crippen LogP contribution in [0.25, 0.3) is 0 Å². The highest BCUT2D eigenvalue weighted by Crippen LogP contribution is 2.49. The Balaban J connectivity index is 1.51. The number of nitrogens with one attached hydrogen (secondary N) is 1. The van der Waals surface area contributed by atoms with Gasteiger partial charge < -0.3 is 19.9 Å². The zero-order valence-corrected chi connectivity index (χ0v) is 17.8. The van der Waals surface area contributed by atoms with Crippen LogP contribution >= 0.6 is 0 Å². The maximum Gasteiger partial charge on any atom is 0.416 e. The van der Waals surface area contributed by atoms with E-state index in [1.807, 2.05) is 19.9 Å². The molecular weight excluding hydrogens is 403 g/mol. The fourth-order valence-corrected chi connectivity index (χ4v) is 3.95. The lowest BCUT2D eigenvalue weighted by Crippen LogP contribution is -2.41. The summed E-state index contributed by atoms with van der Waals surface area (Å²) in [7, 11) is 0. The molecule has 0 spiro atoms. The second kappa shape index (κ2) is 8.39. The molecule has 1 aromatic carbocycles. The molecule has 0 bridgehead atoms. The van der Waals surface area contributed by atoms with Crippen molar-refractivity contribution in [2.24, 2.45) is 0 Å². The first-order valence-corrected chi connectivity index (χ1v) is 10.5. The molecule has 1 saturated heterocycles. The first-order valence-electron chi connectivity index (χ1n) is 10.5. The number of nitrogens with zero attached hydrogens (tertiary/aromatic N) is 3. The number of hydrogen-bond donors (Lipinski definition) is 2.